The van der Waals surface area contributed by atoms with Crippen LogP contribution in [-0.2, 0) is 4.79 Å². The number of nitrogens with zero attached hydrogens (tertiary/aromatic N) is 3. The van der Waals surface area contributed by atoms with Crippen molar-refractivity contribution in [2.24, 2.45) is 0 Å². The summed E-state index contributed by atoms with van der Waals surface area (Å²) in [5.74, 6) is 0.376. The van der Waals surface area contributed by atoms with Gasteiger partial charge in [-0.05, 0) is 20.8 Å². The quantitative estimate of drug-likeness (QED) is 0.784. The van der Waals surface area contributed by atoms with Crippen LogP contribution in [0.2, 0.25) is 0 Å². The lowest BCUT2D eigenvalue weighted by Crippen LogP contribution is -2.54. The zero-order valence-corrected chi connectivity index (χ0v) is 12.0. The first-order chi connectivity index (χ1) is 8.77. The van der Waals surface area contributed by atoms with Crippen molar-refractivity contribution >= 4 is 23.8 Å². The van der Waals surface area contributed by atoms with Crippen LogP contribution in [0.15, 0.2) is 0 Å². The fourth-order valence-corrected chi connectivity index (χ4v) is 4.08. The average Bonchev–Trinajstić information content (AvgIpc) is 2.79. The highest BCUT2D eigenvalue weighted by atomic mass is 32.2. The maximum Gasteiger partial charge on any atom is 0.408 e. The van der Waals surface area contributed by atoms with Crippen molar-refractivity contribution in [2.45, 2.75) is 50.2 Å². The number of amides is 2. The van der Waals surface area contributed by atoms with Gasteiger partial charge in [-0.2, -0.15) is 5.26 Å². The molecule has 0 aliphatic carbocycles. The van der Waals surface area contributed by atoms with Gasteiger partial charge in [0, 0.05) is 17.7 Å². The van der Waals surface area contributed by atoms with E-state index in [4.69, 9.17) is 5.26 Å². The number of rotatable bonds is 1. The zero-order chi connectivity index (χ0) is 14.4. The number of thioether (sulfide) groups is 1. The van der Waals surface area contributed by atoms with E-state index in [-0.39, 0.29) is 11.3 Å². The summed E-state index contributed by atoms with van der Waals surface area (Å²) in [6.45, 7) is 5.31. The van der Waals surface area contributed by atoms with Crippen LogP contribution in [0.5, 0.6) is 0 Å². The minimum absolute atomic E-state index is 0.0636. The van der Waals surface area contributed by atoms with Gasteiger partial charge in [-0.1, -0.05) is 0 Å². The van der Waals surface area contributed by atoms with Crippen LogP contribution in [0, 0.1) is 11.3 Å². The summed E-state index contributed by atoms with van der Waals surface area (Å²) >= 11 is 1.56. The lowest BCUT2D eigenvalue weighted by atomic mass is 10.0. The van der Waals surface area contributed by atoms with Gasteiger partial charge in [0.05, 0.1) is 11.4 Å². The molecular formula is C12H17N3O3S. The molecule has 0 bridgehead atoms. The van der Waals surface area contributed by atoms with E-state index in [0.29, 0.717) is 12.2 Å². The van der Waals surface area contributed by atoms with E-state index in [2.05, 4.69) is 6.07 Å². The Balaban J connectivity index is 2.27. The first-order valence-electron chi connectivity index (χ1n) is 6.13. The number of hydrogen-bond acceptors (Lipinski definition) is 4. The summed E-state index contributed by atoms with van der Waals surface area (Å²) in [5, 5.41) is 18.3. The molecule has 6 nitrogen and oxygen atoms in total. The fraction of sp³-hybridized carbons (Fsp3) is 0.750. The van der Waals surface area contributed by atoms with Crippen molar-refractivity contribution in [2.75, 3.05) is 5.75 Å². The van der Waals surface area contributed by atoms with E-state index in [9.17, 15) is 14.7 Å². The van der Waals surface area contributed by atoms with Gasteiger partial charge in [0.1, 0.15) is 12.1 Å². The third kappa shape index (κ3) is 2.25. The molecule has 0 aromatic carbocycles. The molecule has 3 atom stereocenters. The lowest BCUT2D eigenvalue weighted by Gasteiger charge is -2.37. The number of hydrogen-bond donors (Lipinski definition) is 1. The van der Waals surface area contributed by atoms with Crippen molar-refractivity contribution in [1.29, 1.82) is 5.26 Å². The predicted octanol–water partition coefficient (Wildman–Crippen LogP) is 1.33. The molecule has 1 N–H and O–H groups in total. The minimum atomic E-state index is -1.09. The van der Waals surface area contributed by atoms with Gasteiger partial charge in [0.25, 0.3) is 0 Å². The van der Waals surface area contributed by atoms with Gasteiger partial charge in [-0.15, -0.1) is 11.8 Å². The molecule has 2 amide bonds. The normalized spacial score (nSPS) is 30.1. The van der Waals surface area contributed by atoms with E-state index < -0.39 is 23.7 Å². The molecule has 0 radical (unpaired) electrons. The second kappa shape index (κ2) is 4.60. The van der Waals surface area contributed by atoms with Crippen molar-refractivity contribution in [3.63, 3.8) is 0 Å². The van der Waals surface area contributed by atoms with E-state index in [1.807, 2.05) is 0 Å². The highest BCUT2D eigenvalue weighted by molar-refractivity contribution is 8.00. The topological polar surface area (TPSA) is 84.6 Å². The highest BCUT2D eigenvalue weighted by Gasteiger charge is 2.52. The van der Waals surface area contributed by atoms with Crippen molar-refractivity contribution in [3.05, 3.63) is 0 Å². The Morgan fingerprint density at radius 2 is 2.21 bits per heavy atom. The fourth-order valence-electron chi connectivity index (χ4n) is 2.71. The number of fused-ring (bicyclic) bond motifs is 1. The summed E-state index contributed by atoms with van der Waals surface area (Å²) in [5.41, 5.74) is -0.640. The molecule has 2 aliphatic rings. The van der Waals surface area contributed by atoms with Gasteiger partial charge in [-0.25, -0.2) is 4.79 Å². The molecule has 0 spiro atoms. The lowest BCUT2D eigenvalue weighted by molar-refractivity contribution is -0.133. The number of carboxylic acid groups (broad SMARTS) is 1. The summed E-state index contributed by atoms with van der Waals surface area (Å²) < 4.78 is 0. The van der Waals surface area contributed by atoms with Crippen LogP contribution < -0.4 is 0 Å². The van der Waals surface area contributed by atoms with Gasteiger partial charge < -0.3 is 10.0 Å². The Hall–Kier alpha value is -1.42. The van der Waals surface area contributed by atoms with Crippen LogP contribution in [0.4, 0.5) is 4.79 Å². The monoisotopic (exact) mass is 283 g/mol. The molecule has 0 aromatic heterocycles. The van der Waals surface area contributed by atoms with Crippen LogP contribution in [-0.4, -0.2) is 55.7 Å². The smallest absolute Gasteiger partial charge is 0.408 e. The van der Waals surface area contributed by atoms with Gasteiger partial charge in [0.2, 0.25) is 5.91 Å². The standard InChI is InChI=1S/C12H17N3O3S/c1-12(2,3)15(11(17)18)8-4-9-14(10(8)16)7(5-13)6-19-9/h7-9H,4,6H2,1-3H3,(H,17,18)/t7-,8-,9+/m1/s1. The number of carbonyl (C=O) groups excluding carboxylic acids is 1. The summed E-state index contributed by atoms with van der Waals surface area (Å²) in [7, 11) is 0. The van der Waals surface area contributed by atoms with Gasteiger partial charge in [0.15, 0.2) is 0 Å². The Kier molecular flexibility index (Phi) is 3.39. The molecule has 2 heterocycles. The van der Waals surface area contributed by atoms with Crippen molar-refractivity contribution in [3.8, 4) is 6.07 Å². The first-order valence-corrected chi connectivity index (χ1v) is 7.18. The highest BCUT2D eigenvalue weighted by Crippen LogP contribution is 2.40. The predicted molar refractivity (Wildman–Crippen MR) is 70.5 cm³/mol. The molecule has 2 aliphatic heterocycles. The summed E-state index contributed by atoms with van der Waals surface area (Å²) in [4.78, 5) is 26.6. The SMILES string of the molecule is CC(C)(C)N(C(=O)O)[C@@H]1C[C@@H]2SC[C@@H](C#N)N2C1=O. The third-order valence-electron chi connectivity index (χ3n) is 3.45. The van der Waals surface area contributed by atoms with Crippen LogP contribution in [0.1, 0.15) is 27.2 Å². The third-order valence-corrected chi connectivity index (χ3v) is 4.76. The van der Waals surface area contributed by atoms with Crippen molar-refractivity contribution < 1.29 is 14.7 Å². The Labute approximate surface area is 116 Å². The maximum absolute atomic E-state index is 12.4. The maximum atomic E-state index is 12.4. The molecule has 0 unspecified atom stereocenters. The minimum Gasteiger partial charge on any atom is -0.465 e. The second-order valence-corrected chi connectivity index (χ2v) is 6.96. The zero-order valence-electron chi connectivity index (χ0n) is 11.2. The van der Waals surface area contributed by atoms with Crippen molar-refractivity contribution in [1.82, 2.24) is 9.80 Å². The molecule has 0 aromatic rings. The van der Waals surface area contributed by atoms with E-state index in [1.54, 1.807) is 37.4 Å². The molecule has 2 rings (SSSR count). The average molecular weight is 283 g/mol. The van der Waals surface area contributed by atoms with E-state index >= 15 is 0 Å². The van der Waals surface area contributed by atoms with Gasteiger partial charge in [-0.3, -0.25) is 9.69 Å². The van der Waals surface area contributed by atoms with E-state index in [0.717, 1.165) is 0 Å². The Bertz CT molecular complexity index is 454. The largest absolute Gasteiger partial charge is 0.465 e. The molecule has 2 saturated heterocycles. The number of carbonyl (C=O) groups is 2. The van der Waals surface area contributed by atoms with Crippen LogP contribution in [0.3, 0.4) is 0 Å². The van der Waals surface area contributed by atoms with Crippen LogP contribution >= 0.6 is 11.8 Å². The molecule has 7 heteroatoms. The Morgan fingerprint density at radius 3 is 2.68 bits per heavy atom. The number of nitriles is 1. The molecular weight excluding hydrogens is 266 g/mol. The molecule has 19 heavy (non-hydrogen) atoms. The van der Waals surface area contributed by atoms with Crippen LogP contribution in [0.25, 0.3) is 0 Å². The second-order valence-electron chi connectivity index (χ2n) is 5.75. The van der Waals surface area contributed by atoms with E-state index in [1.165, 1.54) is 4.90 Å². The van der Waals surface area contributed by atoms with Gasteiger partial charge >= 0.3 is 6.09 Å². The summed E-state index contributed by atoms with van der Waals surface area (Å²) in [6.07, 6.45) is -0.629. The molecule has 2 fully saturated rings. The molecule has 104 valence electrons. The molecule has 0 saturated carbocycles. The Morgan fingerprint density at radius 1 is 1.58 bits per heavy atom. The first kappa shape index (κ1) is 14.0. The summed E-state index contributed by atoms with van der Waals surface area (Å²) in [6, 6.07) is 1.01.